The predicted molar refractivity (Wildman–Crippen MR) is 55.3 cm³/mol. The molecule has 1 heterocycles. The SMILES string of the molecule is COC(=O)C(C)NC(=O)CC1CCCN1. The third kappa shape index (κ3) is 3.87. The van der Waals surface area contributed by atoms with Crippen LogP contribution in [0.25, 0.3) is 0 Å². The zero-order chi connectivity index (χ0) is 11.3. The van der Waals surface area contributed by atoms with E-state index in [0.717, 1.165) is 19.4 Å². The molecule has 1 aliphatic rings. The Morgan fingerprint density at radius 3 is 2.87 bits per heavy atom. The predicted octanol–water partition coefficient (Wildman–Crippen LogP) is -0.194. The second kappa shape index (κ2) is 5.70. The molecular weight excluding hydrogens is 196 g/mol. The van der Waals surface area contributed by atoms with Gasteiger partial charge in [-0.15, -0.1) is 0 Å². The van der Waals surface area contributed by atoms with Gasteiger partial charge in [0.25, 0.3) is 0 Å². The van der Waals surface area contributed by atoms with Crippen molar-refractivity contribution in [3.8, 4) is 0 Å². The van der Waals surface area contributed by atoms with Gasteiger partial charge in [-0.3, -0.25) is 4.79 Å². The molecule has 0 aromatic heterocycles. The summed E-state index contributed by atoms with van der Waals surface area (Å²) < 4.78 is 4.51. The van der Waals surface area contributed by atoms with Gasteiger partial charge in [-0.1, -0.05) is 0 Å². The molecule has 1 aliphatic heterocycles. The van der Waals surface area contributed by atoms with Gasteiger partial charge in [0.2, 0.25) is 5.91 Å². The van der Waals surface area contributed by atoms with E-state index in [1.807, 2.05) is 0 Å². The van der Waals surface area contributed by atoms with E-state index < -0.39 is 12.0 Å². The molecule has 1 saturated heterocycles. The van der Waals surface area contributed by atoms with Crippen LogP contribution in [0.1, 0.15) is 26.2 Å². The summed E-state index contributed by atoms with van der Waals surface area (Å²) in [5.41, 5.74) is 0. The Morgan fingerprint density at radius 1 is 1.60 bits per heavy atom. The molecular formula is C10H18N2O3. The van der Waals surface area contributed by atoms with E-state index in [1.165, 1.54) is 7.11 Å². The summed E-state index contributed by atoms with van der Waals surface area (Å²) in [6.45, 7) is 2.59. The summed E-state index contributed by atoms with van der Waals surface area (Å²) in [6, 6.07) is -0.307. The van der Waals surface area contributed by atoms with E-state index in [2.05, 4.69) is 15.4 Å². The molecule has 0 aliphatic carbocycles. The van der Waals surface area contributed by atoms with Crippen molar-refractivity contribution in [3.05, 3.63) is 0 Å². The van der Waals surface area contributed by atoms with Crippen LogP contribution in [-0.2, 0) is 14.3 Å². The van der Waals surface area contributed by atoms with Gasteiger partial charge in [0.05, 0.1) is 7.11 Å². The van der Waals surface area contributed by atoms with E-state index in [-0.39, 0.29) is 11.9 Å². The Balaban J connectivity index is 2.25. The topological polar surface area (TPSA) is 67.4 Å². The van der Waals surface area contributed by atoms with Gasteiger partial charge < -0.3 is 15.4 Å². The van der Waals surface area contributed by atoms with E-state index in [0.29, 0.717) is 6.42 Å². The maximum Gasteiger partial charge on any atom is 0.328 e. The van der Waals surface area contributed by atoms with Gasteiger partial charge in [0, 0.05) is 12.5 Å². The number of esters is 1. The summed E-state index contributed by atoms with van der Waals surface area (Å²) in [5, 5.41) is 5.83. The minimum Gasteiger partial charge on any atom is -0.467 e. The van der Waals surface area contributed by atoms with Gasteiger partial charge in [-0.2, -0.15) is 0 Å². The molecule has 0 aromatic rings. The van der Waals surface area contributed by atoms with Crippen LogP contribution in [0.5, 0.6) is 0 Å². The van der Waals surface area contributed by atoms with E-state index in [4.69, 9.17) is 0 Å². The van der Waals surface area contributed by atoms with Crippen molar-refractivity contribution in [1.29, 1.82) is 0 Å². The second-order valence-electron chi connectivity index (χ2n) is 3.81. The highest BCUT2D eigenvalue weighted by molar-refractivity contribution is 5.84. The summed E-state index contributed by atoms with van der Waals surface area (Å²) in [5.74, 6) is -0.518. The maximum absolute atomic E-state index is 11.5. The molecule has 15 heavy (non-hydrogen) atoms. The number of amides is 1. The van der Waals surface area contributed by atoms with Crippen LogP contribution in [0.4, 0.5) is 0 Å². The fraction of sp³-hybridized carbons (Fsp3) is 0.800. The number of ether oxygens (including phenoxy) is 1. The monoisotopic (exact) mass is 214 g/mol. The third-order valence-electron chi connectivity index (χ3n) is 2.53. The van der Waals surface area contributed by atoms with Gasteiger partial charge >= 0.3 is 5.97 Å². The van der Waals surface area contributed by atoms with Crippen molar-refractivity contribution in [2.75, 3.05) is 13.7 Å². The van der Waals surface area contributed by atoms with Gasteiger partial charge in [0.1, 0.15) is 6.04 Å². The quantitative estimate of drug-likeness (QED) is 0.636. The number of carbonyl (C=O) groups is 2. The first kappa shape index (κ1) is 12.0. The maximum atomic E-state index is 11.5. The largest absolute Gasteiger partial charge is 0.467 e. The number of nitrogens with one attached hydrogen (secondary N) is 2. The Bertz CT molecular complexity index is 237. The second-order valence-corrected chi connectivity index (χ2v) is 3.81. The van der Waals surface area contributed by atoms with Crippen LogP contribution < -0.4 is 10.6 Å². The minimum absolute atomic E-state index is 0.104. The van der Waals surface area contributed by atoms with E-state index >= 15 is 0 Å². The lowest BCUT2D eigenvalue weighted by atomic mass is 10.1. The summed E-state index contributed by atoms with van der Waals surface area (Å²) in [7, 11) is 1.31. The number of carbonyl (C=O) groups excluding carboxylic acids is 2. The zero-order valence-electron chi connectivity index (χ0n) is 9.21. The normalized spacial score (nSPS) is 22.1. The summed E-state index contributed by atoms with van der Waals surface area (Å²) >= 11 is 0. The lowest BCUT2D eigenvalue weighted by Gasteiger charge is -2.14. The van der Waals surface area contributed by atoms with Crippen LogP contribution in [0.3, 0.4) is 0 Å². The Labute approximate surface area is 89.6 Å². The molecule has 0 radical (unpaired) electrons. The molecule has 0 spiro atoms. The lowest BCUT2D eigenvalue weighted by molar-refractivity contribution is -0.144. The van der Waals surface area contributed by atoms with Crippen LogP contribution in [0, 0.1) is 0 Å². The van der Waals surface area contributed by atoms with Crippen molar-refractivity contribution in [1.82, 2.24) is 10.6 Å². The van der Waals surface area contributed by atoms with Crippen molar-refractivity contribution in [2.24, 2.45) is 0 Å². The van der Waals surface area contributed by atoms with Crippen molar-refractivity contribution < 1.29 is 14.3 Å². The summed E-state index contributed by atoms with van der Waals surface area (Å²) in [6.07, 6.45) is 2.58. The van der Waals surface area contributed by atoms with Crippen LogP contribution in [0.15, 0.2) is 0 Å². The minimum atomic E-state index is -0.566. The van der Waals surface area contributed by atoms with Crippen LogP contribution >= 0.6 is 0 Å². The van der Waals surface area contributed by atoms with Crippen molar-refractivity contribution in [2.45, 2.75) is 38.3 Å². The van der Waals surface area contributed by atoms with Crippen LogP contribution in [0.2, 0.25) is 0 Å². The first-order valence-corrected chi connectivity index (χ1v) is 5.24. The number of hydrogen-bond donors (Lipinski definition) is 2. The Kier molecular flexibility index (Phi) is 4.55. The molecule has 5 nitrogen and oxygen atoms in total. The highest BCUT2D eigenvalue weighted by atomic mass is 16.5. The average Bonchev–Trinajstić information content (AvgIpc) is 2.68. The van der Waals surface area contributed by atoms with Gasteiger partial charge in [0.15, 0.2) is 0 Å². The standard InChI is InChI=1S/C10H18N2O3/c1-7(10(14)15-2)12-9(13)6-8-4-3-5-11-8/h7-8,11H,3-6H2,1-2H3,(H,12,13). The number of methoxy groups -OCH3 is 1. The molecule has 2 atom stereocenters. The summed E-state index contributed by atoms with van der Waals surface area (Å²) in [4.78, 5) is 22.5. The van der Waals surface area contributed by atoms with Crippen molar-refractivity contribution >= 4 is 11.9 Å². The molecule has 1 fully saturated rings. The molecule has 0 saturated carbocycles. The van der Waals surface area contributed by atoms with E-state index in [1.54, 1.807) is 6.92 Å². The first-order valence-electron chi connectivity index (χ1n) is 5.24. The smallest absolute Gasteiger partial charge is 0.328 e. The fourth-order valence-corrected chi connectivity index (χ4v) is 1.69. The fourth-order valence-electron chi connectivity index (χ4n) is 1.69. The van der Waals surface area contributed by atoms with Crippen molar-refractivity contribution in [3.63, 3.8) is 0 Å². The Hall–Kier alpha value is -1.10. The average molecular weight is 214 g/mol. The molecule has 2 unspecified atom stereocenters. The number of rotatable bonds is 4. The van der Waals surface area contributed by atoms with E-state index in [9.17, 15) is 9.59 Å². The highest BCUT2D eigenvalue weighted by Crippen LogP contribution is 2.08. The molecule has 5 heteroatoms. The molecule has 1 amide bonds. The molecule has 86 valence electrons. The first-order chi connectivity index (χ1) is 7.13. The van der Waals surface area contributed by atoms with Gasteiger partial charge in [-0.25, -0.2) is 4.79 Å². The van der Waals surface area contributed by atoms with Crippen LogP contribution in [-0.4, -0.2) is 37.6 Å². The number of hydrogen-bond acceptors (Lipinski definition) is 4. The Morgan fingerprint density at radius 2 is 2.33 bits per heavy atom. The molecule has 1 rings (SSSR count). The molecule has 2 N–H and O–H groups in total. The third-order valence-corrected chi connectivity index (χ3v) is 2.53. The van der Waals surface area contributed by atoms with Gasteiger partial charge in [-0.05, 0) is 26.3 Å². The zero-order valence-corrected chi connectivity index (χ0v) is 9.21. The molecule has 0 bridgehead atoms. The molecule has 0 aromatic carbocycles. The lowest BCUT2D eigenvalue weighted by Crippen LogP contribution is -2.41. The highest BCUT2D eigenvalue weighted by Gasteiger charge is 2.20.